The second kappa shape index (κ2) is 6.02. The molecule has 0 aromatic heterocycles. The highest BCUT2D eigenvalue weighted by atomic mass is 19.4. The molecule has 0 radical (unpaired) electrons. The fourth-order valence-electron chi connectivity index (χ4n) is 1.58. The van der Waals surface area contributed by atoms with Gasteiger partial charge in [0.2, 0.25) is 0 Å². The van der Waals surface area contributed by atoms with Gasteiger partial charge in [-0.1, -0.05) is 12.1 Å². The van der Waals surface area contributed by atoms with Crippen molar-refractivity contribution in [2.24, 2.45) is 10.9 Å². The van der Waals surface area contributed by atoms with Crippen LogP contribution in [-0.2, 0) is 6.18 Å². The molecule has 21 heavy (non-hydrogen) atoms. The van der Waals surface area contributed by atoms with Crippen LogP contribution in [0.1, 0.15) is 36.2 Å². The van der Waals surface area contributed by atoms with E-state index in [4.69, 9.17) is 10.9 Å². The maximum absolute atomic E-state index is 12.4. The lowest BCUT2D eigenvalue weighted by atomic mass is 9.96. The van der Waals surface area contributed by atoms with Gasteiger partial charge >= 0.3 is 6.18 Å². The Bertz CT molecular complexity index is 541. The number of nitrogens with one attached hydrogen (secondary N) is 1. The minimum atomic E-state index is -4.46. The molecule has 1 aromatic carbocycles. The molecule has 1 amide bonds. The third kappa shape index (κ3) is 3.87. The highest BCUT2D eigenvalue weighted by Crippen LogP contribution is 2.29. The average Bonchev–Trinajstić information content (AvgIpc) is 2.45. The Morgan fingerprint density at radius 2 is 1.86 bits per heavy atom. The van der Waals surface area contributed by atoms with E-state index in [0.717, 1.165) is 24.3 Å². The van der Waals surface area contributed by atoms with E-state index in [-0.39, 0.29) is 11.4 Å². The number of hydrogen-bond acceptors (Lipinski definition) is 3. The quantitative estimate of drug-likeness (QED) is 0.345. The lowest BCUT2D eigenvalue weighted by Gasteiger charge is -2.28. The van der Waals surface area contributed by atoms with Gasteiger partial charge in [0.1, 0.15) is 0 Å². The first kappa shape index (κ1) is 16.8. The van der Waals surface area contributed by atoms with Crippen molar-refractivity contribution in [2.75, 3.05) is 0 Å². The standard InChI is InChI=1S/C13H16F3N3O2/c1-3-12(2,11(17)19-21)18-10(20)8-4-6-9(7-5-8)13(14,15)16/h4-7,21H,3H2,1-2H3,(H2,17,19)(H,18,20). The number of benzene rings is 1. The van der Waals surface area contributed by atoms with Gasteiger partial charge in [0.25, 0.3) is 5.91 Å². The van der Waals surface area contributed by atoms with Gasteiger partial charge in [-0.25, -0.2) is 0 Å². The Morgan fingerprint density at radius 1 is 1.33 bits per heavy atom. The number of carbonyl (C=O) groups is 1. The number of amides is 1. The number of hydrogen-bond donors (Lipinski definition) is 3. The maximum atomic E-state index is 12.4. The van der Waals surface area contributed by atoms with Gasteiger partial charge in [0.15, 0.2) is 5.84 Å². The van der Waals surface area contributed by atoms with Gasteiger partial charge in [-0.15, -0.1) is 0 Å². The molecule has 0 saturated heterocycles. The summed E-state index contributed by atoms with van der Waals surface area (Å²) in [5.41, 5.74) is 3.63. The summed E-state index contributed by atoms with van der Waals surface area (Å²) in [5, 5.41) is 14.1. The number of amidine groups is 1. The first-order valence-electron chi connectivity index (χ1n) is 6.12. The summed E-state index contributed by atoms with van der Waals surface area (Å²) in [6.45, 7) is 3.26. The van der Waals surface area contributed by atoms with E-state index < -0.39 is 23.2 Å². The lowest BCUT2D eigenvalue weighted by Crippen LogP contribution is -2.55. The smallest absolute Gasteiger partial charge is 0.409 e. The molecule has 0 aliphatic heterocycles. The number of carbonyl (C=O) groups excluding carboxylic acids is 1. The summed E-state index contributed by atoms with van der Waals surface area (Å²) in [6.07, 6.45) is -4.11. The molecule has 0 spiro atoms. The van der Waals surface area contributed by atoms with Crippen molar-refractivity contribution in [3.63, 3.8) is 0 Å². The Hall–Kier alpha value is -2.25. The molecular weight excluding hydrogens is 287 g/mol. The fraction of sp³-hybridized carbons (Fsp3) is 0.385. The van der Waals surface area contributed by atoms with Gasteiger partial charge in [0, 0.05) is 5.56 Å². The molecule has 0 fully saturated rings. The van der Waals surface area contributed by atoms with Crippen LogP contribution < -0.4 is 11.1 Å². The van der Waals surface area contributed by atoms with Crippen LogP contribution in [0.25, 0.3) is 0 Å². The maximum Gasteiger partial charge on any atom is 0.416 e. The van der Waals surface area contributed by atoms with Gasteiger partial charge in [-0.3, -0.25) is 4.79 Å². The Morgan fingerprint density at radius 3 is 2.24 bits per heavy atom. The third-order valence-electron chi connectivity index (χ3n) is 3.24. The monoisotopic (exact) mass is 303 g/mol. The Kier molecular flexibility index (Phi) is 4.82. The first-order valence-corrected chi connectivity index (χ1v) is 6.12. The van der Waals surface area contributed by atoms with Crippen LogP contribution in [0.4, 0.5) is 13.2 Å². The first-order chi connectivity index (χ1) is 9.64. The van der Waals surface area contributed by atoms with E-state index in [9.17, 15) is 18.0 Å². The number of halogens is 3. The molecule has 8 heteroatoms. The minimum Gasteiger partial charge on any atom is -0.409 e. The zero-order chi connectivity index (χ0) is 16.3. The SMILES string of the molecule is CCC(C)(NC(=O)c1ccc(C(F)(F)F)cc1)/C(N)=N/O. The summed E-state index contributed by atoms with van der Waals surface area (Å²) < 4.78 is 37.3. The number of oxime groups is 1. The van der Waals surface area contributed by atoms with Crippen molar-refractivity contribution in [1.82, 2.24) is 5.32 Å². The largest absolute Gasteiger partial charge is 0.416 e. The van der Waals surface area contributed by atoms with Gasteiger partial charge < -0.3 is 16.3 Å². The lowest BCUT2D eigenvalue weighted by molar-refractivity contribution is -0.137. The fourth-order valence-corrected chi connectivity index (χ4v) is 1.58. The molecule has 5 nitrogen and oxygen atoms in total. The second-order valence-electron chi connectivity index (χ2n) is 4.70. The third-order valence-corrected chi connectivity index (χ3v) is 3.24. The van der Waals surface area contributed by atoms with E-state index in [1.54, 1.807) is 13.8 Å². The zero-order valence-electron chi connectivity index (χ0n) is 11.5. The number of rotatable bonds is 4. The molecule has 1 atom stereocenters. The summed E-state index contributed by atoms with van der Waals surface area (Å²) in [4.78, 5) is 12.0. The van der Waals surface area contributed by atoms with E-state index >= 15 is 0 Å². The predicted octanol–water partition coefficient (Wildman–Crippen LogP) is 2.35. The van der Waals surface area contributed by atoms with E-state index in [2.05, 4.69) is 10.5 Å². The highest BCUT2D eigenvalue weighted by molar-refractivity contribution is 6.00. The van der Waals surface area contributed by atoms with Crippen LogP contribution >= 0.6 is 0 Å². The summed E-state index contributed by atoms with van der Waals surface area (Å²) in [5.74, 6) is -0.801. The predicted molar refractivity (Wildman–Crippen MR) is 71.0 cm³/mol. The summed E-state index contributed by atoms with van der Waals surface area (Å²) in [7, 11) is 0. The molecule has 116 valence electrons. The van der Waals surface area contributed by atoms with Crippen molar-refractivity contribution in [2.45, 2.75) is 32.0 Å². The van der Waals surface area contributed by atoms with Crippen molar-refractivity contribution < 1.29 is 23.2 Å². The Labute approximate surface area is 119 Å². The van der Waals surface area contributed by atoms with Crippen molar-refractivity contribution in [3.05, 3.63) is 35.4 Å². The van der Waals surface area contributed by atoms with Crippen LogP contribution in [-0.4, -0.2) is 22.5 Å². The molecule has 0 aliphatic rings. The summed E-state index contributed by atoms with van der Waals surface area (Å²) >= 11 is 0. The van der Waals surface area contributed by atoms with Gasteiger partial charge in [-0.2, -0.15) is 13.2 Å². The number of nitrogens with zero attached hydrogens (tertiary/aromatic N) is 1. The van der Waals surface area contributed by atoms with E-state index in [1.165, 1.54) is 0 Å². The van der Waals surface area contributed by atoms with Gasteiger partial charge in [0.05, 0.1) is 11.1 Å². The van der Waals surface area contributed by atoms with Crippen LogP contribution in [0.15, 0.2) is 29.4 Å². The normalized spacial score (nSPS) is 15.4. The molecule has 0 saturated carbocycles. The summed E-state index contributed by atoms with van der Waals surface area (Å²) in [6, 6.07) is 3.78. The molecule has 0 aliphatic carbocycles. The van der Waals surface area contributed by atoms with Crippen LogP contribution in [0.2, 0.25) is 0 Å². The van der Waals surface area contributed by atoms with Crippen molar-refractivity contribution >= 4 is 11.7 Å². The molecule has 4 N–H and O–H groups in total. The zero-order valence-corrected chi connectivity index (χ0v) is 11.5. The number of alkyl halides is 3. The minimum absolute atomic E-state index is 0.0495. The van der Waals surface area contributed by atoms with Crippen LogP contribution in [0, 0.1) is 0 Å². The second-order valence-corrected chi connectivity index (χ2v) is 4.70. The molecule has 1 rings (SSSR count). The molecular formula is C13H16F3N3O2. The topological polar surface area (TPSA) is 87.7 Å². The molecule has 1 unspecified atom stereocenters. The number of nitrogens with two attached hydrogens (primary N) is 1. The van der Waals surface area contributed by atoms with E-state index in [0.29, 0.717) is 6.42 Å². The molecule has 1 aromatic rings. The molecule has 0 bridgehead atoms. The average molecular weight is 303 g/mol. The molecule has 0 heterocycles. The van der Waals surface area contributed by atoms with Crippen molar-refractivity contribution in [3.8, 4) is 0 Å². The van der Waals surface area contributed by atoms with Crippen LogP contribution in [0.3, 0.4) is 0 Å². The highest BCUT2D eigenvalue weighted by Gasteiger charge is 2.32. The Balaban J connectivity index is 2.95. The van der Waals surface area contributed by atoms with Crippen molar-refractivity contribution in [1.29, 1.82) is 0 Å². The van der Waals surface area contributed by atoms with Crippen LogP contribution in [0.5, 0.6) is 0 Å². The van der Waals surface area contributed by atoms with Gasteiger partial charge in [-0.05, 0) is 37.6 Å². The van der Waals surface area contributed by atoms with E-state index in [1.807, 2.05) is 0 Å².